The van der Waals surface area contributed by atoms with Gasteiger partial charge < -0.3 is 4.90 Å². The highest BCUT2D eigenvalue weighted by atomic mass is 35.5. The van der Waals surface area contributed by atoms with Crippen molar-refractivity contribution in [3.05, 3.63) is 33.7 Å². The zero-order valence-electron chi connectivity index (χ0n) is 13.9. The molecule has 120 valence electrons. The first kappa shape index (κ1) is 17.3. The standard InChI is InChI=1S/C18H24ClNOS/c1-11(2)9-20(10-12(3)4)18(21)17-16(19)14-7-6-13(5)8-15(14)22-17/h6-8,11-12H,9-10H2,1-5H3. The first-order valence-electron chi connectivity index (χ1n) is 7.77. The lowest BCUT2D eigenvalue weighted by Crippen LogP contribution is -2.36. The fourth-order valence-electron chi connectivity index (χ4n) is 2.58. The minimum atomic E-state index is 0.0613. The zero-order chi connectivity index (χ0) is 16.4. The third kappa shape index (κ3) is 3.82. The molecule has 2 aromatic rings. The first-order valence-corrected chi connectivity index (χ1v) is 8.97. The van der Waals surface area contributed by atoms with Gasteiger partial charge in [0.2, 0.25) is 0 Å². The molecular formula is C18H24ClNOS. The molecule has 1 heterocycles. The maximum Gasteiger partial charge on any atom is 0.265 e. The van der Waals surface area contributed by atoms with E-state index in [1.807, 2.05) is 17.0 Å². The van der Waals surface area contributed by atoms with Gasteiger partial charge in [-0.15, -0.1) is 11.3 Å². The predicted molar refractivity (Wildman–Crippen MR) is 97.2 cm³/mol. The van der Waals surface area contributed by atoms with Gasteiger partial charge in [0.15, 0.2) is 0 Å². The summed E-state index contributed by atoms with van der Waals surface area (Å²) in [6, 6.07) is 6.14. The largest absolute Gasteiger partial charge is 0.337 e. The van der Waals surface area contributed by atoms with E-state index in [2.05, 4.69) is 40.7 Å². The minimum absolute atomic E-state index is 0.0613. The molecule has 0 atom stereocenters. The SMILES string of the molecule is Cc1ccc2c(Cl)c(C(=O)N(CC(C)C)CC(C)C)sc2c1. The number of fused-ring (bicyclic) bond motifs is 1. The van der Waals surface area contributed by atoms with Gasteiger partial charge in [0.05, 0.1) is 5.02 Å². The van der Waals surface area contributed by atoms with Crippen molar-refractivity contribution in [2.75, 3.05) is 13.1 Å². The van der Waals surface area contributed by atoms with Gasteiger partial charge >= 0.3 is 0 Å². The van der Waals surface area contributed by atoms with Crippen molar-refractivity contribution in [1.29, 1.82) is 0 Å². The number of benzene rings is 1. The summed E-state index contributed by atoms with van der Waals surface area (Å²) in [5.41, 5.74) is 1.19. The van der Waals surface area contributed by atoms with E-state index in [1.165, 1.54) is 16.9 Å². The summed E-state index contributed by atoms with van der Waals surface area (Å²) in [7, 11) is 0. The van der Waals surface area contributed by atoms with Crippen molar-refractivity contribution in [2.45, 2.75) is 34.6 Å². The van der Waals surface area contributed by atoms with E-state index in [0.29, 0.717) is 21.7 Å². The monoisotopic (exact) mass is 337 g/mol. The second-order valence-electron chi connectivity index (χ2n) is 6.74. The summed E-state index contributed by atoms with van der Waals surface area (Å²) in [5.74, 6) is 0.947. The van der Waals surface area contributed by atoms with E-state index in [4.69, 9.17) is 11.6 Å². The van der Waals surface area contributed by atoms with Gasteiger partial charge in [-0.05, 0) is 30.4 Å². The number of aryl methyl sites for hydroxylation is 1. The molecule has 0 spiro atoms. The first-order chi connectivity index (χ1) is 10.3. The molecule has 0 saturated heterocycles. The number of rotatable bonds is 5. The zero-order valence-corrected chi connectivity index (χ0v) is 15.5. The number of carbonyl (C=O) groups is 1. The number of carbonyl (C=O) groups excluding carboxylic acids is 1. The molecule has 1 amide bonds. The van der Waals surface area contributed by atoms with Crippen molar-refractivity contribution in [3.8, 4) is 0 Å². The highest BCUT2D eigenvalue weighted by Gasteiger charge is 2.23. The van der Waals surface area contributed by atoms with Gasteiger partial charge in [0.1, 0.15) is 4.88 Å². The smallest absolute Gasteiger partial charge is 0.265 e. The van der Waals surface area contributed by atoms with E-state index < -0.39 is 0 Å². The van der Waals surface area contributed by atoms with Crippen LogP contribution in [0.15, 0.2) is 18.2 Å². The average molecular weight is 338 g/mol. The Kier molecular flexibility index (Phi) is 5.51. The van der Waals surface area contributed by atoms with Gasteiger partial charge in [0.25, 0.3) is 5.91 Å². The maximum atomic E-state index is 12.9. The molecule has 2 rings (SSSR count). The molecular weight excluding hydrogens is 314 g/mol. The summed E-state index contributed by atoms with van der Waals surface area (Å²) in [5, 5.41) is 1.58. The van der Waals surface area contributed by atoms with Crippen molar-refractivity contribution in [2.24, 2.45) is 11.8 Å². The Morgan fingerprint density at radius 3 is 2.32 bits per heavy atom. The van der Waals surface area contributed by atoms with Crippen LogP contribution < -0.4 is 0 Å². The topological polar surface area (TPSA) is 20.3 Å². The Labute approximate surface area is 142 Å². The van der Waals surface area contributed by atoms with Gasteiger partial charge in [-0.25, -0.2) is 0 Å². The molecule has 0 aliphatic carbocycles. The van der Waals surface area contributed by atoms with E-state index in [-0.39, 0.29) is 5.91 Å². The van der Waals surface area contributed by atoms with Crippen molar-refractivity contribution in [1.82, 2.24) is 4.90 Å². The van der Waals surface area contributed by atoms with Gasteiger partial charge in [-0.2, -0.15) is 0 Å². The fourth-order valence-corrected chi connectivity index (χ4v) is 4.15. The van der Waals surface area contributed by atoms with Crippen molar-refractivity contribution in [3.63, 3.8) is 0 Å². The van der Waals surface area contributed by atoms with Crippen LogP contribution in [0.1, 0.15) is 42.9 Å². The highest BCUT2D eigenvalue weighted by molar-refractivity contribution is 7.21. The van der Waals surface area contributed by atoms with E-state index in [1.54, 1.807) is 0 Å². The molecule has 0 saturated carbocycles. The van der Waals surface area contributed by atoms with Crippen LogP contribution in [0.4, 0.5) is 0 Å². The molecule has 0 radical (unpaired) electrons. The summed E-state index contributed by atoms with van der Waals surface area (Å²) >= 11 is 7.99. The molecule has 0 unspecified atom stereocenters. The van der Waals surface area contributed by atoms with E-state index in [0.717, 1.165) is 23.2 Å². The molecule has 0 fully saturated rings. The third-order valence-corrected chi connectivity index (χ3v) is 5.08. The van der Waals surface area contributed by atoms with E-state index in [9.17, 15) is 4.79 Å². The number of thiophene rings is 1. The Morgan fingerprint density at radius 1 is 1.18 bits per heavy atom. The second kappa shape index (κ2) is 7.01. The lowest BCUT2D eigenvalue weighted by atomic mass is 10.1. The van der Waals surface area contributed by atoms with Gasteiger partial charge in [0, 0.05) is 23.2 Å². The lowest BCUT2D eigenvalue weighted by Gasteiger charge is -2.26. The molecule has 0 aliphatic heterocycles. The van der Waals surface area contributed by atoms with E-state index >= 15 is 0 Å². The summed E-state index contributed by atoms with van der Waals surface area (Å²) < 4.78 is 1.09. The Hall–Kier alpha value is -1.06. The summed E-state index contributed by atoms with van der Waals surface area (Å²) in [6.45, 7) is 12.1. The minimum Gasteiger partial charge on any atom is -0.337 e. The molecule has 1 aromatic carbocycles. The molecule has 0 aliphatic rings. The predicted octanol–water partition coefficient (Wildman–Crippen LogP) is 5.62. The molecule has 1 aromatic heterocycles. The summed E-state index contributed by atoms with van der Waals surface area (Å²) in [4.78, 5) is 15.6. The number of hydrogen-bond donors (Lipinski definition) is 0. The second-order valence-corrected chi connectivity index (χ2v) is 8.17. The number of amides is 1. The molecule has 2 nitrogen and oxygen atoms in total. The van der Waals surface area contributed by atoms with Gasteiger partial charge in [-0.3, -0.25) is 4.79 Å². The molecule has 0 bridgehead atoms. The van der Waals surface area contributed by atoms with Crippen LogP contribution in [0.25, 0.3) is 10.1 Å². The van der Waals surface area contributed by atoms with Crippen LogP contribution in [-0.2, 0) is 0 Å². The van der Waals surface area contributed by atoms with Crippen LogP contribution in [0, 0.1) is 18.8 Å². The third-order valence-electron chi connectivity index (χ3n) is 3.44. The van der Waals surface area contributed by atoms with Crippen LogP contribution in [0.2, 0.25) is 5.02 Å². The molecule has 4 heteroatoms. The Bertz CT molecular complexity index is 665. The van der Waals surface area contributed by atoms with Crippen LogP contribution in [0.3, 0.4) is 0 Å². The van der Waals surface area contributed by atoms with Crippen molar-refractivity contribution >= 4 is 38.9 Å². The lowest BCUT2D eigenvalue weighted by molar-refractivity contribution is 0.0720. The van der Waals surface area contributed by atoms with Crippen LogP contribution >= 0.6 is 22.9 Å². The summed E-state index contributed by atoms with van der Waals surface area (Å²) in [6.07, 6.45) is 0. The fraction of sp³-hybridized carbons (Fsp3) is 0.500. The molecule has 0 N–H and O–H groups in total. The van der Waals surface area contributed by atoms with Crippen LogP contribution in [-0.4, -0.2) is 23.9 Å². The quantitative estimate of drug-likeness (QED) is 0.693. The van der Waals surface area contributed by atoms with Crippen LogP contribution in [0.5, 0.6) is 0 Å². The maximum absolute atomic E-state index is 12.9. The Balaban J connectivity index is 2.39. The van der Waals surface area contributed by atoms with Gasteiger partial charge in [-0.1, -0.05) is 51.4 Å². The van der Waals surface area contributed by atoms with Crippen molar-refractivity contribution < 1.29 is 4.79 Å². The number of halogens is 1. The normalized spacial score (nSPS) is 11.6. The Morgan fingerprint density at radius 2 is 1.77 bits per heavy atom. The number of nitrogens with zero attached hydrogens (tertiary/aromatic N) is 1. The number of hydrogen-bond acceptors (Lipinski definition) is 2. The average Bonchev–Trinajstić information content (AvgIpc) is 2.72. The highest BCUT2D eigenvalue weighted by Crippen LogP contribution is 2.36. The molecule has 22 heavy (non-hydrogen) atoms.